The molecule has 0 aliphatic carbocycles. The number of carbonyl (C=O) groups excluding carboxylic acids is 1. The van der Waals surface area contributed by atoms with Crippen molar-refractivity contribution in [2.45, 2.75) is 76.2 Å². The fraction of sp³-hybridized carbons (Fsp3) is 0.650. The molecule has 144 valence electrons. The Hall–Kier alpha value is -1.82. The summed E-state index contributed by atoms with van der Waals surface area (Å²) in [7, 11) is 1.48. The van der Waals surface area contributed by atoms with E-state index in [9.17, 15) is 14.3 Å². The molecule has 1 N–H and O–H groups in total. The van der Waals surface area contributed by atoms with E-state index < -0.39 is 17.0 Å². The normalized spacial score (nSPS) is 28.6. The highest BCUT2D eigenvalue weighted by Gasteiger charge is 2.49. The molecular weight excluding hydrogens is 337 g/mol. The van der Waals surface area contributed by atoms with Crippen molar-refractivity contribution in [3.05, 3.63) is 29.6 Å². The predicted octanol–water partition coefficient (Wildman–Crippen LogP) is 3.97. The Labute approximate surface area is 154 Å². The molecule has 2 aliphatic heterocycles. The topological polar surface area (TPSA) is 59.0 Å². The van der Waals surface area contributed by atoms with Crippen LogP contribution in [0.2, 0.25) is 0 Å². The van der Waals surface area contributed by atoms with Crippen LogP contribution in [0.4, 0.5) is 9.18 Å². The lowest BCUT2D eigenvalue weighted by Gasteiger charge is -2.51. The Kier molecular flexibility index (Phi) is 4.90. The molecule has 2 heterocycles. The van der Waals surface area contributed by atoms with Gasteiger partial charge in [0.2, 0.25) is 0 Å². The van der Waals surface area contributed by atoms with Crippen LogP contribution >= 0.6 is 0 Å². The maximum Gasteiger partial charge on any atom is 0.410 e. The average molecular weight is 365 g/mol. The lowest BCUT2D eigenvalue weighted by atomic mass is 9.72. The zero-order valence-corrected chi connectivity index (χ0v) is 15.9. The number of methoxy groups -OCH3 is 1. The molecule has 1 amide bonds. The van der Waals surface area contributed by atoms with E-state index in [2.05, 4.69) is 0 Å². The van der Waals surface area contributed by atoms with E-state index in [1.54, 1.807) is 17.0 Å². The van der Waals surface area contributed by atoms with E-state index in [1.165, 1.54) is 13.2 Å². The summed E-state index contributed by atoms with van der Waals surface area (Å²) < 4.78 is 25.2. The molecule has 3 rings (SSSR count). The number of ether oxygens (including phenoxy) is 2. The monoisotopic (exact) mass is 365 g/mol. The smallest absolute Gasteiger partial charge is 0.410 e. The number of benzene rings is 1. The third-order valence-electron chi connectivity index (χ3n) is 5.29. The number of nitrogens with zero attached hydrogens (tertiary/aromatic N) is 1. The summed E-state index contributed by atoms with van der Waals surface area (Å²) in [6, 6.07) is 4.25. The Morgan fingerprint density at radius 1 is 1.27 bits per heavy atom. The Balaban J connectivity index is 1.86. The number of carbonyl (C=O) groups is 1. The molecule has 26 heavy (non-hydrogen) atoms. The van der Waals surface area contributed by atoms with Gasteiger partial charge in [0.05, 0.1) is 12.7 Å². The predicted molar refractivity (Wildman–Crippen MR) is 95.6 cm³/mol. The van der Waals surface area contributed by atoms with Crippen LogP contribution in [0.5, 0.6) is 5.75 Å². The molecule has 2 saturated heterocycles. The Morgan fingerprint density at radius 3 is 2.38 bits per heavy atom. The molecule has 6 heteroatoms. The minimum Gasteiger partial charge on any atom is -0.497 e. The third kappa shape index (κ3) is 3.65. The van der Waals surface area contributed by atoms with Gasteiger partial charge in [-0.25, -0.2) is 9.18 Å². The Bertz CT molecular complexity index is 671. The molecule has 1 aromatic rings. The molecular formula is C20H28FNO4. The standard InChI is InChI=1S/C20H28FNO4/c1-19(2,3)26-18(23)22-13-6-5-7-14(22)12-20(24,11-13)16-9-8-15(25-4)10-17(16)21/h8-10,13-14,24H,5-7,11-12H2,1-4H3. The molecule has 0 radical (unpaired) electrons. The van der Waals surface area contributed by atoms with E-state index in [-0.39, 0.29) is 23.7 Å². The van der Waals surface area contributed by atoms with Crippen molar-refractivity contribution < 1.29 is 23.8 Å². The van der Waals surface area contributed by atoms with Crippen LogP contribution in [0.15, 0.2) is 18.2 Å². The van der Waals surface area contributed by atoms with Gasteiger partial charge in [-0.05, 0) is 52.2 Å². The van der Waals surface area contributed by atoms with E-state index in [0.717, 1.165) is 19.3 Å². The first-order valence-corrected chi connectivity index (χ1v) is 9.21. The fourth-order valence-corrected chi connectivity index (χ4v) is 4.26. The lowest BCUT2D eigenvalue weighted by molar-refractivity contribution is -0.0978. The second-order valence-corrected chi connectivity index (χ2v) is 8.41. The zero-order valence-electron chi connectivity index (χ0n) is 15.9. The number of amides is 1. The van der Waals surface area contributed by atoms with Crippen molar-refractivity contribution in [1.82, 2.24) is 4.90 Å². The van der Waals surface area contributed by atoms with Crippen LogP contribution in [0, 0.1) is 5.82 Å². The zero-order chi connectivity index (χ0) is 19.1. The minimum absolute atomic E-state index is 0.149. The molecule has 2 fully saturated rings. The second kappa shape index (κ2) is 6.72. The summed E-state index contributed by atoms with van der Waals surface area (Å²) >= 11 is 0. The first-order valence-electron chi connectivity index (χ1n) is 9.21. The van der Waals surface area contributed by atoms with Gasteiger partial charge in [0.15, 0.2) is 0 Å². The van der Waals surface area contributed by atoms with Crippen LogP contribution < -0.4 is 4.74 Å². The van der Waals surface area contributed by atoms with E-state index >= 15 is 0 Å². The fourth-order valence-electron chi connectivity index (χ4n) is 4.26. The van der Waals surface area contributed by atoms with Crippen LogP contribution in [-0.4, -0.2) is 40.9 Å². The van der Waals surface area contributed by atoms with Crippen molar-refractivity contribution in [3.63, 3.8) is 0 Å². The SMILES string of the molecule is COc1ccc(C2(O)CC3CCCC(C2)N3C(=O)OC(C)(C)C)c(F)c1. The van der Waals surface area contributed by atoms with Crippen LogP contribution in [-0.2, 0) is 10.3 Å². The summed E-state index contributed by atoms with van der Waals surface area (Å²) in [5.74, 6) is -0.0584. The minimum atomic E-state index is -1.29. The Morgan fingerprint density at radius 2 is 1.88 bits per heavy atom. The van der Waals surface area contributed by atoms with Gasteiger partial charge < -0.3 is 19.5 Å². The molecule has 2 unspecified atom stereocenters. The third-order valence-corrected chi connectivity index (χ3v) is 5.29. The highest BCUT2D eigenvalue weighted by Crippen LogP contribution is 2.45. The van der Waals surface area contributed by atoms with E-state index in [4.69, 9.17) is 9.47 Å². The van der Waals surface area contributed by atoms with Gasteiger partial charge in [-0.15, -0.1) is 0 Å². The summed E-state index contributed by atoms with van der Waals surface area (Å²) in [6.45, 7) is 5.52. The van der Waals surface area contributed by atoms with Crippen molar-refractivity contribution >= 4 is 6.09 Å². The number of aliphatic hydroxyl groups is 1. The highest BCUT2D eigenvalue weighted by atomic mass is 19.1. The first-order chi connectivity index (χ1) is 12.1. The average Bonchev–Trinajstić information content (AvgIpc) is 2.51. The second-order valence-electron chi connectivity index (χ2n) is 8.41. The molecule has 2 aliphatic rings. The van der Waals surface area contributed by atoms with Gasteiger partial charge in [-0.1, -0.05) is 0 Å². The van der Waals surface area contributed by atoms with Gasteiger partial charge in [0, 0.05) is 36.6 Å². The molecule has 0 aromatic heterocycles. The van der Waals surface area contributed by atoms with Crippen molar-refractivity contribution in [2.75, 3.05) is 7.11 Å². The molecule has 0 spiro atoms. The molecule has 0 saturated carbocycles. The number of halogens is 1. The van der Waals surface area contributed by atoms with Crippen LogP contribution in [0.25, 0.3) is 0 Å². The molecule has 2 bridgehead atoms. The molecule has 1 aromatic carbocycles. The maximum absolute atomic E-state index is 14.6. The highest BCUT2D eigenvalue weighted by molar-refractivity contribution is 5.69. The van der Waals surface area contributed by atoms with Crippen molar-refractivity contribution in [3.8, 4) is 5.75 Å². The van der Waals surface area contributed by atoms with Crippen molar-refractivity contribution in [2.24, 2.45) is 0 Å². The maximum atomic E-state index is 14.6. The largest absolute Gasteiger partial charge is 0.497 e. The van der Waals surface area contributed by atoms with Crippen LogP contribution in [0.1, 0.15) is 58.4 Å². The number of hydrogen-bond acceptors (Lipinski definition) is 4. The number of fused-ring (bicyclic) bond motifs is 2. The quantitative estimate of drug-likeness (QED) is 0.861. The summed E-state index contributed by atoms with van der Waals surface area (Å²) in [6.07, 6.45) is 2.85. The van der Waals surface area contributed by atoms with Gasteiger partial charge in [-0.3, -0.25) is 0 Å². The summed E-state index contributed by atoms with van der Waals surface area (Å²) in [5.41, 5.74) is -1.58. The van der Waals surface area contributed by atoms with Gasteiger partial charge in [0.25, 0.3) is 0 Å². The van der Waals surface area contributed by atoms with Crippen molar-refractivity contribution in [1.29, 1.82) is 0 Å². The molecule has 2 atom stereocenters. The number of rotatable bonds is 2. The van der Waals surface area contributed by atoms with E-state index in [1.807, 2.05) is 20.8 Å². The molecule has 5 nitrogen and oxygen atoms in total. The number of hydrogen-bond donors (Lipinski definition) is 1. The number of piperidine rings is 2. The van der Waals surface area contributed by atoms with Gasteiger partial charge in [0.1, 0.15) is 17.2 Å². The van der Waals surface area contributed by atoms with Crippen LogP contribution in [0.3, 0.4) is 0 Å². The van der Waals surface area contributed by atoms with Gasteiger partial charge >= 0.3 is 6.09 Å². The lowest BCUT2D eigenvalue weighted by Crippen LogP contribution is -2.59. The first kappa shape index (κ1) is 19.0. The van der Waals surface area contributed by atoms with Gasteiger partial charge in [-0.2, -0.15) is 0 Å². The van der Waals surface area contributed by atoms with E-state index in [0.29, 0.717) is 18.6 Å². The summed E-state index contributed by atoms with van der Waals surface area (Å²) in [4.78, 5) is 14.4. The summed E-state index contributed by atoms with van der Waals surface area (Å²) in [5, 5.41) is 11.3.